The normalized spacial score (nSPS) is 11.6. The van der Waals surface area contributed by atoms with Gasteiger partial charge in [0.2, 0.25) is 21.6 Å². The van der Waals surface area contributed by atoms with E-state index < -0.39 is 39.7 Å². The summed E-state index contributed by atoms with van der Waals surface area (Å²) in [7, 11) is -3.76. The average Bonchev–Trinajstić information content (AvgIpc) is 2.58. The van der Waals surface area contributed by atoms with Gasteiger partial charge in [0.15, 0.2) is 17.2 Å². The first-order valence-corrected chi connectivity index (χ1v) is 7.36. The van der Waals surface area contributed by atoms with Gasteiger partial charge >= 0.3 is 0 Å². The Hall–Kier alpha value is -2.56. The first-order valence-electron chi connectivity index (χ1n) is 6.03. The Kier molecular flexibility index (Phi) is 4.32. The fourth-order valence-corrected chi connectivity index (χ4v) is 2.28. The zero-order chi connectivity index (χ0) is 17.4. The van der Waals surface area contributed by atoms with Gasteiger partial charge in [0.25, 0.3) is 0 Å². The predicted molar refractivity (Wildman–Crippen MR) is 76.3 cm³/mol. The molecule has 9 nitrogen and oxygen atoms in total. The van der Waals surface area contributed by atoms with Crippen molar-refractivity contribution in [2.24, 2.45) is 0 Å². The van der Waals surface area contributed by atoms with Gasteiger partial charge in [0, 0.05) is 0 Å². The van der Waals surface area contributed by atoms with Crippen molar-refractivity contribution < 1.29 is 37.2 Å². The summed E-state index contributed by atoms with van der Waals surface area (Å²) in [5, 5.41) is 29.3. The summed E-state index contributed by atoms with van der Waals surface area (Å²) in [5.74, 6) is -2.47. The molecule has 0 atom stereocenters. The first kappa shape index (κ1) is 16.8. The zero-order valence-electron chi connectivity index (χ0n) is 11.6. The van der Waals surface area contributed by atoms with Crippen molar-refractivity contribution in [3.63, 3.8) is 0 Å². The molecule has 23 heavy (non-hydrogen) atoms. The second kappa shape index (κ2) is 5.91. The fourth-order valence-electron chi connectivity index (χ4n) is 2.00. The Balaban J connectivity index is 2.79. The van der Waals surface area contributed by atoms with E-state index >= 15 is 0 Å². The van der Waals surface area contributed by atoms with Crippen molar-refractivity contribution in [2.75, 3.05) is 7.11 Å². The maximum atomic E-state index is 11.8. The molecule has 0 aliphatic heterocycles. The van der Waals surface area contributed by atoms with E-state index in [1.165, 1.54) is 19.2 Å². The number of phenols is 2. The van der Waals surface area contributed by atoms with Crippen LogP contribution in [0, 0.1) is 0 Å². The molecule has 0 amide bonds. The molecule has 0 spiro atoms. The second-order valence-electron chi connectivity index (χ2n) is 4.49. The van der Waals surface area contributed by atoms with Crippen LogP contribution >= 0.6 is 0 Å². The standard InChI is InChI=1S/C13H12O9S/c1-21-9-4-7-2-6(5-22-23(18,19)20)3-8(14)11(15)10(7)13(17)12(9)16/h2-4,16-17H,5H2,1H3,(H,14,15)(H,18,19,20)/p-1. The van der Waals surface area contributed by atoms with Gasteiger partial charge < -0.3 is 24.6 Å². The van der Waals surface area contributed by atoms with E-state index in [0.717, 1.165) is 6.07 Å². The van der Waals surface area contributed by atoms with Crippen molar-refractivity contribution in [3.8, 4) is 23.0 Å². The molecule has 0 aliphatic carbocycles. The van der Waals surface area contributed by atoms with Gasteiger partial charge in [-0.1, -0.05) is 0 Å². The van der Waals surface area contributed by atoms with Crippen LogP contribution in [0.3, 0.4) is 0 Å². The molecule has 0 heterocycles. The van der Waals surface area contributed by atoms with E-state index in [0.29, 0.717) is 0 Å². The van der Waals surface area contributed by atoms with Crippen LogP contribution in [-0.4, -0.2) is 35.4 Å². The Morgan fingerprint density at radius 3 is 2.30 bits per heavy atom. The minimum atomic E-state index is -4.98. The number of hydrogen-bond acceptors (Lipinski definition) is 9. The third-order valence-electron chi connectivity index (χ3n) is 2.99. The summed E-state index contributed by atoms with van der Waals surface area (Å²) in [6.07, 6.45) is 0. The van der Waals surface area contributed by atoms with E-state index in [9.17, 15) is 33.1 Å². The van der Waals surface area contributed by atoms with E-state index in [1.807, 2.05) is 0 Å². The van der Waals surface area contributed by atoms with Crippen LogP contribution in [0.2, 0.25) is 0 Å². The molecule has 10 heteroatoms. The largest absolute Gasteiger partial charge is 0.726 e. The van der Waals surface area contributed by atoms with Gasteiger partial charge in [0.05, 0.1) is 19.1 Å². The maximum Gasteiger partial charge on any atom is 0.221 e. The molecule has 0 fully saturated rings. The predicted octanol–water partition coefficient (Wildman–Crippen LogP) is 0.302. The number of ether oxygens (including phenoxy) is 1. The maximum absolute atomic E-state index is 11.8. The quantitative estimate of drug-likeness (QED) is 0.404. The van der Waals surface area contributed by atoms with E-state index in [2.05, 4.69) is 4.18 Å². The van der Waals surface area contributed by atoms with Gasteiger partial charge in [0.1, 0.15) is 0 Å². The van der Waals surface area contributed by atoms with Crippen LogP contribution in [0.5, 0.6) is 23.0 Å². The van der Waals surface area contributed by atoms with Crippen LogP contribution in [0.15, 0.2) is 23.0 Å². The molecule has 3 N–H and O–H groups in total. The molecule has 2 aromatic rings. The van der Waals surface area contributed by atoms with Crippen LogP contribution in [0.4, 0.5) is 0 Å². The van der Waals surface area contributed by atoms with Gasteiger partial charge in [-0.05, 0) is 29.1 Å². The molecule has 0 radical (unpaired) electrons. The van der Waals surface area contributed by atoms with E-state index in [4.69, 9.17) is 4.74 Å². The van der Waals surface area contributed by atoms with Gasteiger partial charge in [-0.3, -0.25) is 8.98 Å². The topological polar surface area (TPSA) is 153 Å². The molecule has 0 unspecified atom stereocenters. The average molecular weight is 343 g/mol. The number of hydrogen-bond donors (Lipinski definition) is 3. The SMILES string of the molecule is COc1cc2cc(COS(=O)(=O)[O-])cc(=O)c(O)c2c(O)c1O. The molecular weight excluding hydrogens is 332 g/mol. The highest BCUT2D eigenvalue weighted by Gasteiger charge is 2.17. The minimum absolute atomic E-state index is 0.0492. The Morgan fingerprint density at radius 1 is 1.09 bits per heavy atom. The zero-order valence-corrected chi connectivity index (χ0v) is 12.5. The van der Waals surface area contributed by atoms with Crippen molar-refractivity contribution in [2.45, 2.75) is 6.61 Å². The first-order chi connectivity index (χ1) is 10.6. The van der Waals surface area contributed by atoms with Crippen LogP contribution in [0.1, 0.15) is 5.56 Å². The van der Waals surface area contributed by atoms with E-state index in [-0.39, 0.29) is 22.1 Å². The highest BCUT2D eigenvalue weighted by atomic mass is 32.3. The molecule has 2 rings (SSSR count). The van der Waals surface area contributed by atoms with Crippen LogP contribution in [-0.2, 0) is 21.2 Å². The van der Waals surface area contributed by atoms with Crippen molar-refractivity contribution >= 4 is 21.2 Å². The van der Waals surface area contributed by atoms with Gasteiger partial charge in [-0.2, -0.15) is 0 Å². The molecule has 0 aromatic heterocycles. The number of methoxy groups -OCH3 is 1. The summed E-state index contributed by atoms with van der Waals surface area (Å²) < 4.78 is 40.4. The Labute approximate surface area is 129 Å². The number of aromatic hydroxyl groups is 3. The summed E-state index contributed by atoms with van der Waals surface area (Å²) >= 11 is 0. The summed E-state index contributed by atoms with van der Waals surface area (Å²) in [5.41, 5.74) is -1.02. The third-order valence-corrected chi connectivity index (χ3v) is 3.39. The summed E-state index contributed by atoms with van der Waals surface area (Å²) in [6, 6.07) is 3.24. The Morgan fingerprint density at radius 2 is 1.74 bits per heavy atom. The smallest absolute Gasteiger partial charge is 0.221 e. The fraction of sp³-hybridized carbons (Fsp3) is 0.154. The number of benzene rings is 1. The number of phenolic OH excluding ortho intramolecular Hbond substituents is 2. The molecule has 0 saturated heterocycles. The molecule has 0 bridgehead atoms. The van der Waals surface area contributed by atoms with Crippen molar-refractivity contribution in [1.29, 1.82) is 0 Å². The van der Waals surface area contributed by atoms with Crippen LogP contribution < -0.4 is 10.2 Å². The molecule has 124 valence electrons. The Bertz CT molecular complexity index is 934. The lowest BCUT2D eigenvalue weighted by Gasteiger charge is -2.08. The highest BCUT2D eigenvalue weighted by Crippen LogP contribution is 2.43. The molecule has 2 aromatic carbocycles. The lowest BCUT2D eigenvalue weighted by Crippen LogP contribution is -2.04. The van der Waals surface area contributed by atoms with Gasteiger partial charge in [-0.15, -0.1) is 0 Å². The summed E-state index contributed by atoms with van der Waals surface area (Å²) in [4.78, 5) is 11.8. The summed E-state index contributed by atoms with van der Waals surface area (Å²) in [6.45, 7) is -0.742. The minimum Gasteiger partial charge on any atom is -0.726 e. The lowest BCUT2D eigenvalue weighted by molar-refractivity contribution is 0.253. The number of fused-ring (bicyclic) bond motifs is 1. The highest BCUT2D eigenvalue weighted by molar-refractivity contribution is 7.80. The third kappa shape index (κ3) is 3.44. The van der Waals surface area contributed by atoms with Crippen molar-refractivity contribution in [3.05, 3.63) is 34.0 Å². The van der Waals surface area contributed by atoms with Crippen LogP contribution in [0.25, 0.3) is 10.8 Å². The van der Waals surface area contributed by atoms with Crippen molar-refractivity contribution in [1.82, 2.24) is 0 Å². The molecule has 0 aliphatic rings. The lowest BCUT2D eigenvalue weighted by atomic mass is 10.1. The van der Waals surface area contributed by atoms with Gasteiger partial charge in [-0.25, -0.2) is 8.42 Å². The molecule has 0 saturated carbocycles. The molecular formula is C13H11O9S-. The monoisotopic (exact) mass is 343 g/mol. The number of rotatable bonds is 4. The second-order valence-corrected chi connectivity index (χ2v) is 5.54. The van der Waals surface area contributed by atoms with E-state index in [1.54, 1.807) is 0 Å².